The minimum atomic E-state index is 0. The number of benzene rings is 4. The Morgan fingerprint density at radius 3 is 1.52 bits per heavy atom. The number of fused-ring (bicyclic) bond motifs is 2. The minimum absolute atomic E-state index is 0. The Morgan fingerprint density at radius 1 is 0.659 bits per heavy atom. The molecule has 0 bridgehead atoms. The number of hydrogen-bond acceptors (Lipinski definition) is 0. The zero-order valence-corrected chi connectivity index (χ0v) is 29.9. The molecule has 0 atom stereocenters. The Bertz CT molecular complexity index is 1450. The molecule has 0 heterocycles. The summed E-state index contributed by atoms with van der Waals surface area (Å²) in [5.41, 5.74) is 5.56. The van der Waals surface area contributed by atoms with Gasteiger partial charge in [0, 0.05) is 0 Å². The zero-order valence-electron chi connectivity index (χ0n) is 26.9. The normalized spacial score (nSPS) is 9.82. The molecule has 0 radical (unpaired) electrons. The molecule has 6 aromatic rings. The van der Waals surface area contributed by atoms with E-state index in [1.807, 2.05) is 9.85 Å². The first-order valence-electron chi connectivity index (χ1n) is 15.8. The molecular weight excluding hydrogens is 580 g/mol. The smallest absolute Gasteiger partial charge is 0.343 e. The van der Waals surface area contributed by atoms with Gasteiger partial charge in [-0.25, -0.2) is 0 Å². The van der Waals surface area contributed by atoms with Crippen molar-refractivity contribution in [2.24, 2.45) is 0 Å². The van der Waals surface area contributed by atoms with Gasteiger partial charge in [-0.2, -0.15) is 42.7 Å². The van der Waals surface area contributed by atoms with E-state index in [1.165, 1.54) is 55.4 Å². The van der Waals surface area contributed by atoms with Crippen LogP contribution in [0.1, 0.15) is 68.7 Å². The molecule has 0 nitrogen and oxygen atoms in total. The molecule has 0 saturated carbocycles. The van der Waals surface area contributed by atoms with Gasteiger partial charge in [-0.1, -0.05) is 87.3 Å². The summed E-state index contributed by atoms with van der Waals surface area (Å²) in [6.45, 7) is 10.1. The summed E-state index contributed by atoms with van der Waals surface area (Å²) in [6.07, 6.45) is 9.09. The SMILES string of the molecule is CCc1cc2ccccc2[cH-]1.CCc1cc2ccccc2[cH-]1.[CH2-]CCC.[SiH2]=C(CC[CH-]c1ccccc1)c1ccccc1.[Ti+4]. The average molecular weight is 629 g/mol. The summed E-state index contributed by atoms with van der Waals surface area (Å²) in [5.74, 6) is 0. The van der Waals surface area contributed by atoms with Crippen molar-refractivity contribution in [1.82, 2.24) is 0 Å². The summed E-state index contributed by atoms with van der Waals surface area (Å²) in [4.78, 5) is 0. The van der Waals surface area contributed by atoms with Crippen molar-refractivity contribution in [1.29, 1.82) is 0 Å². The number of rotatable bonds is 8. The topological polar surface area (TPSA) is 0 Å². The van der Waals surface area contributed by atoms with Crippen molar-refractivity contribution < 1.29 is 21.7 Å². The molecule has 0 aliphatic carbocycles. The van der Waals surface area contributed by atoms with Gasteiger partial charge in [0.25, 0.3) is 0 Å². The van der Waals surface area contributed by atoms with Gasteiger partial charge in [-0.3, -0.25) is 0 Å². The molecule has 2 heteroatoms. The zero-order chi connectivity index (χ0) is 30.7. The van der Waals surface area contributed by atoms with E-state index in [0.717, 1.165) is 32.1 Å². The van der Waals surface area contributed by atoms with Crippen LogP contribution in [0.25, 0.3) is 21.5 Å². The largest absolute Gasteiger partial charge is 4.00 e. The van der Waals surface area contributed by atoms with Gasteiger partial charge in [0.2, 0.25) is 0 Å². The molecule has 44 heavy (non-hydrogen) atoms. The predicted octanol–water partition coefficient (Wildman–Crippen LogP) is 10.7. The quantitative estimate of drug-likeness (QED) is 0.116. The van der Waals surface area contributed by atoms with Crippen LogP contribution in [0.5, 0.6) is 0 Å². The molecule has 0 aliphatic rings. The Hall–Kier alpha value is -3.23. The summed E-state index contributed by atoms with van der Waals surface area (Å²) in [5, 5.41) is 6.94. The van der Waals surface area contributed by atoms with Crippen LogP contribution >= 0.6 is 0 Å². The summed E-state index contributed by atoms with van der Waals surface area (Å²) < 4.78 is 0. The van der Waals surface area contributed by atoms with E-state index in [9.17, 15) is 0 Å². The molecule has 0 aliphatic heterocycles. The molecule has 6 aromatic carbocycles. The third-order valence-electron chi connectivity index (χ3n) is 7.33. The van der Waals surface area contributed by atoms with Crippen LogP contribution in [0.2, 0.25) is 0 Å². The number of aryl methyl sites for hydroxylation is 2. The summed E-state index contributed by atoms with van der Waals surface area (Å²) in [6, 6.07) is 47.2. The summed E-state index contributed by atoms with van der Waals surface area (Å²) in [7, 11) is 2.00. The standard InChI is InChI=1S/C16H17Si.2C11H11.C4H9.Ti/c17-16(15-11-5-2-6-12-15)13-7-10-14-8-3-1-4-9-14;2*1-2-9-7-10-5-3-4-6-11(10)8-9;1-3-4-2;/h1-6,8-12H,7,13,17H2;2*3-8H,2H2,1H3;1,3-4H2,2H3;/q4*-1;+4. The number of hydrogen-bond donors (Lipinski definition) is 0. The van der Waals surface area contributed by atoms with Crippen molar-refractivity contribution in [3.8, 4) is 0 Å². The van der Waals surface area contributed by atoms with Gasteiger partial charge in [-0.15, -0.1) is 93.3 Å². The molecule has 0 saturated heterocycles. The Morgan fingerprint density at radius 2 is 1.09 bits per heavy atom. The van der Waals surface area contributed by atoms with Crippen molar-refractivity contribution >= 4 is 36.6 Å². The van der Waals surface area contributed by atoms with Crippen LogP contribution in [-0.4, -0.2) is 15.0 Å². The van der Waals surface area contributed by atoms with Gasteiger partial charge in [-0.05, 0) is 34.7 Å². The first kappa shape index (κ1) is 37.0. The van der Waals surface area contributed by atoms with Gasteiger partial charge >= 0.3 is 21.7 Å². The van der Waals surface area contributed by atoms with E-state index < -0.39 is 0 Å². The van der Waals surface area contributed by atoms with Crippen LogP contribution in [0.4, 0.5) is 0 Å². The fourth-order valence-corrected chi connectivity index (χ4v) is 5.10. The molecule has 0 aromatic heterocycles. The third kappa shape index (κ3) is 12.8. The third-order valence-corrected chi connectivity index (χ3v) is 8.10. The Balaban J connectivity index is 0.000000220. The van der Waals surface area contributed by atoms with Gasteiger partial charge < -0.3 is 6.92 Å². The van der Waals surface area contributed by atoms with Crippen LogP contribution < -0.4 is 0 Å². The second kappa shape index (κ2) is 21.5. The molecule has 224 valence electrons. The van der Waals surface area contributed by atoms with E-state index in [2.05, 4.69) is 168 Å². The second-order valence-corrected chi connectivity index (χ2v) is 11.5. The van der Waals surface area contributed by atoms with E-state index in [4.69, 9.17) is 0 Å². The minimum Gasteiger partial charge on any atom is -0.343 e. The fourth-order valence-electron chi connectivity index (χ4n) is 4.66. The van der Waals surface area contributed by atoms with Gasteiger partial charge in [0.15, 0.2) is 0 Å². The van der Waals surface area contributed by atoms with Crippen LogP contribution in [0.3, 0.4) is 0 Å². The maximum absolute atomic E-state index is 3.60. The van der Waals surface area contributed by atoms with Crippen molar-refractivity contribution in [2.45, 2.75) is 59.3 Å². The van der Waals surface area contributed by atoms with Crippen molar-refractivity contribution in [3.05, 3.63) is 169 Å². The first-order valence-corrected chi connectivity index (χ1v) is 16.5. The van der Waals surface area contributed by atoms with Crippen LogP contribution in [-0.2, 0) is 34.6 Å². The Kier molecular flexibility index (Phi) is 18.0. The van der Waals surface area contributed by atoms with E-state index in [0.29, 0.717) is 0 Å². The summed E-state index contributed by atoms with van der Waals surface area (Å²) >= 11 is 0. The monoisotopic (exact) mass is 628 g/mol. The average Bonchev–Trinajstić information content (AvgIpc) is 3.70. The Labute approximate surface area is 285 Å². The maximum Gasteiger partial charge on any atom is 4.00 e. The molecule has 0 unspecified atom stereocenters. The molecule has 0 N–H and O–H groups in total. The number of unbranched alkanes of at least 4 members (excludes halogenated alkanes) is 1. The molecule has 0 amide bonds. The molecule has 0 spiro atoms. The molecule has 0 fully saturated rings. The fraction of sp³-hybridized carbons (Fsp3) is 0.214. The van der Waals surface area contributed by atoms with E-state index >= 15 is 0 Å². The second-order valence-electron chi connectivity index (χ2n) is 10.7. The van der Waals surface area contributed by atoms with Gasteiger partial charge in [0.05, 0.1) is 0 Å². The van der Waals surface area contributed by atoms with E-state index in [1.54, 1.807) is 0 Å². The van der Waals surface area contributed by atoms with Crippen LogP contribution in [0, 0.1) is 13.3 Å². The first-order chi connectivity index (χ1) is 21.1. The van der Waals surface area contributed by atoms with Crippen molar-refractivity contribution in [3.63, 3.8) is 0 Å². The van der Waals surface area contributed by atoms with E-state index in [-0.39, 0.29) is 21.7 Å². The predicted molar refractivity (Wildman–Crippen MR) is 196 cm³/mol. The van der Waals surface area contributed by atoms with Gasteiger partial charge in [0.1, 0.15) is 0 Å². The molecular formula is C42H48SiTi. The maximum atomic E-state index is 3.60. The van der Waals surface area contributed by atoms with Crippen molar-refractivity contribution in [2.75, 3.05) is 0 Å². The molecule has 6 rings (SSSR count). The van der Waals surface area contributed by atoms with Crippen LogP contribution in [0.15, 0.2) is 133 Å².